The van der Waals surface area contributed by atoms with Crippen molar-refractivity contribution in [2.45, 2.75) is 0 Å². The summed E-state index contributed by atoms with van der Waals surface area (Å²) < 4.78 is 3.77. The summed E-state index contributed by atoms with van der Waals surface area (Å²) in [6, 6.07) is 0. The summed E-state index contributed by atoms with van der Waals surface area (Å²) in [5.74, 6) is 0. The minimum Gasteiger partial charge on any atom is -0.379 e. The van der Waals surface area contributed by atoms with Crippen molar-refractivity contribution in [1.29, 1.82) is 0 Å². The van der Waals surface area contributed by atoms with Crippen molar-refractivity contribution in [3.05, 3.63) is 12.0 Å². The Kier molecular flexibility index (Phi) is 5.21. The van der Waals surface area contributed by atoms with Gasteiger partial charge < -0.3 is 5.32 Å². The van der Waals surface area contributed by atoms with Crippen molar-refractivity contribution in [1.82, 2.24) is 5.32 Å². The highest BCUT2D eigenvalue weighted by Gasteiger charge is 1.61. The summed E-state index contributed by atoms with van der Waals surface area (Å²) >= 11 is 1.30. The van der Waals surface area contributed by atoms with Gasteiger partial charge >= 0.3 is 0 Å². The van der Waals surface area contributed by atoms with E-state index in [1.54, 1.807) is 18.8 Å². The molecule has 0 radical (unpaired) electrons. The van der Waals surface area contributed by atoms with Crippen LogP contribution in [0.2, 0.25) is 0 Å². The van der Waals surface area contributed by atoms with Crippen molar-refractivity contribution >= 4 is 18.3 Å². The molecule has 0 aliphatic carbocycles. The quantitative estimate of drug-likeness (QED) is 0.338. The van der Waals surface area contributed by atoms with Crippen LogP contribution in [0.25, 0.3) is 0 Å². The van der Waals surface area contributed by atoms with Gasteiger partial charge in [-0.1, -0.05) is 6.58 Å². The Hall–Kier alpha value is -0.440. The monoisotopic (exact) mass is 116 g/mol. The molecule has 0 saturated heterocycles. The van der Waals surface area contributed by atoms with E-state index >= 15 is 0 Å². The van der Waals surface area contributed by atoms with E-state index in [9.17, 15) is 0 Å². The van der Waals surface area contributed by atoms with Crippen LogP contribution in [0.1, 0.15) is 0 Å². The van der Waals surface area contributed by atoms with Crippen LogP contribution in [-0.4, -0.2) is 13.4 Å². The summed E-state index contributed by atoms with van der Waals surface area (Å²) in [4.78, 5) is 0. The Labute approximate surface area is 47.8 Å². The van der Waals surface area contributed by atoms with Crippen LogP contribution in [0.3, 0.4) is 0 Å². The van der Waals surface area contributed by atoms with E-state index in [0.717, 1.165) is 0 Å². The second kappa shape index (κ2) is 5.56. The van der Waals surface area contributed by atoms with Gasteiger partial charge in [0.15, 0.2) is 0 Å². The lowest BCUT2D eigenvalue weighted by Crippen LogP contribution is -1.98. The van der Waals surface area contributed by atoms with Crippen molar-refractivity contribution in [3.8, 4) is 0 Å². The molecule has 3 heteroatoms. The Bertz CT molecular complexity index is 70.1. The number of nitrogens with one attached hydrogen (secondary N) is 1. The largest absolute Gasteiger partial charge is 0.379 e. The number of rotatable bonds is 3. The molecule has 0 unspecified atom stereocenters. The van der Waals surface area contributed by atoms with Crippen LogP contribution >= 0.6 is 11.9 Å². The Morgan fingerprint density at radius 2 is 2.57 bits per heavy atom. The number of hydrogen-bond acceptors (Lipinski definition) is 2. The maximum atomic E-state index is 3.77. The van der Waals surface area contributed by atoms with Gasteiger partial charge in [-0.05, 0) is 5.41 Å². The highest BCUT2D eigenvalue weighted by Crippen LogP contribution is 1.97. The summed E-state index contributed by atoms with van der Waals surface area (Å²) in [7, 11) is 1.80. The van der Waals surface area contributed by atoms with E-state index in [0.29, 0.717) is 0 Å². The van der Waals surface area contributed by atoms with Gasteiger partial charge in [-0.2, -0.15) is 0 Å². The molecule has 0 aromatic heterocycles. The fraction of sp³-hybridized carbons (Fsp3) is 0.250. The molecule has 1 N–H and O–H groups in total. The zero-order valence-electron chi connectivity index (χ0n) is 4.22. The summed E-state index contributed by atoms with van der Waals surface area (Å²) in [6.45, 7) is 3.45. The van der Waals surface area contributed by atoms with E-state index in [-0.39, 0.29) is 0 Å². The molecule has 0 aliphatic rings. The van der Waals surface area contributed by atoms with E-state index in [1.807, 2.05) is 0 Å². The maximum absolute atomic E-state index is 3.77. The van der Waals surface area contributed by atoms with Gasteiger partial charge in [0.25, 0.3) is 0 Å². The summed E-state index contributed by atoms with van der Waals surface area (Å²) in [5.41, 5.74) is 0. The SMILES string of the molecule is C=CS/N=C\NC. The molecule has 0 saturated carbocycles. The van der Waals surface area contributed by atoms with E-state index < -0.39 is 0 Å². The molecular weight excluding hydrogens is 108 g/mol. The van der Waals surface area contributed by atoms with Crippen LogP contribution in [0.4, 0.5) is 0 Å². The number of nitrogens with zero attached hydrogens (tertiary/aromatic N) is 1. The lowest BCUT2D eigenvalue weighted by molar-refractivity contribution is 1.22. The van der Waals surface area contributed by atoms with Crippen molar-refractivity contribution in [2.75, 3.05) is 7.05 Å². The smallest absolute Gasteiger partial charge is 0.0965 e. The Balaban J connectivity index is 2.92. The zero-order chi connectivity index (χ0) is 5.54. The van der Waals surface area contributed by atoms with Crippen molar-refractivity contribution in [3.63, 3.8) is 0 Å². The minimum atomic E-state index is 1.30. The molecule has 0 heterocycles. The van der Waals surface area contributed by atoms with Crippen molar-refractivity contribution in [2.24, 2.45) is 4.40 Å². The maximum Gasteiger partial charge on any atom is 0.0965 e. The fourth-order valence-corrected chi connectivity index (χ4v) is 0.379. The first kappa shape index (κ1) is 6.56. The topological polar surface area (TPSA) is 24.4 Å². The molecule has 0 amide bonds. The van der Waals surface area contributed by atoms with Gasteiger partial charge in [0.2, 0.25) is 0 Å². The molecule has 0 atom stereocenters. The molecule has 40 valence electrons. The van der Waals surface area contributed by atoms with Crippen LogP contribution in [0, 0.1) is 0 Å². The third kappa shape index (κ3) is 5.56. The first-order valence-electron chi connectivity index (χ1n) is 1.87. The molecule has 0 rings (SSSR count). The molecule has 2 nitrogen and oxygen atoms in total. The molecule has 0 fully saturated rings. The van der Waals surface area contributed by atoms with Gasteiger partial charge in [-0.3, -0.25) is 0 Å². The van der Waals surface area contributed by atoms with Gasteiger partial charge in [-0.25, -0.2) is 4.40 Å². The zero-order valence-corrected chi connectivity index (χ0v) is 5.03. The predicted octanol–water partition coefficient (Wildman–Crippen LogP) is 1.03. The Morgan fingerprint density at radius 3 is 3.00 bits per heavy atom. The average molecular weight is 116 g/mol. The second-order valence-corrected chi connectivity index (χ2v) is 1.55. The lowest BCUT2D eigenvalue weighted by Gasteiger charge is -1.79. The van der Waals surface area contributed by atoms with Gasteiger partial charge in [-0.15, -0.1) is 0 Å². The predicted molar refractivity (Wildman–Crippen MR) is 35.3 cm³/mol. The molecule has 0 bridgehead atoms. The molecule has 0 aromatic rings. The average Bonchev–Trinajstić information content (AvgIpc) is 1.69. The number of hydrogen-bond donors (Lipinski definition) is 1. The van der Waals surface area contributed by atoms with Gasteiger partial charge in [0.1, 0.15) is 0 Å². The van der Waals surface area contributed by atoms with Crippen LogP contribution in [0.15, 0.2) is 16.4 Å². The van der Waals surface area contributed by atoms with Crippen molar-refractivity contribution < 1.29 is 0 Å². The van der Waals surface area contributed by atoms with E-state index in [4.69, 9.17) is 0 Å². The van der Waals surface area contributed by atoms with Gasteiger partial charge in [0.05, 0.1) is 6.34 Å². The van der Waals surface area contributed by atoms with E-state index in [1.165, 1.54) is 11.9 Å². The van der Waals surface area contributed by atoms with E-state index in [2.05, 4.69) is 16.3 Å². The fourth-order valence-electron chi connectivity index (χ4n) is 0.126. The highest BCUT2D eigenvalue weighted by atomic mass is 32.2. The normalized spacial score (nSPS) is 9.29. The molecular formula is C4H8N2S. The van der Waals surface area contributed by atoms with Gasteiger partial charge in [0, 0.05) is 19.0 Å². The summed E-state index contributed by atoms with van der Waals surface area (Å²) in [6.07, 6.45) is 1.60. The third-order valence-electron chi connectivity index (χ3n) is 0.317. The molecule has 0 aromatic carbocycles. The first-order valence-corrected chi connectivity index (χ1v) is 2.71. The lowest BCUT2D eigenvalue weighted by atomic mass is 11.2. The Morgan fingerprint density at radius 1 is 1.86 bits per heavy atom. The highest BCUT2D eigenvalue weighted by molar-refractivity contribution is 8.00. The summed E-state index contributed by atoms with van der Waals surface area (Å²) in [5, 5.41) is 4.40. The second-order valence-electron chi connectivity index (χ2n) is 0.795. The first-order chi connectivity index (χ1) is 3.41. The van der Waals surface area contributed by atoms with Crippen LogP contribution < -0.4 is 5.32 Å². The minimum absolute atomic E-state index is 1.30. The van der Waals surface area contributed by atoms with Crippen LogP contribution in [-0.2, 0) is 0 Å². The standard InChI is InChI=1S/C4H8N2S/c1-3-7-6-4-5-2/h3-4H,1H2,2H3,(H,5,6). The molecule has 0 spiro atoms. The third-order valence-corrected chi connectivity index (χ3v) is 0.693. The molecule has 7 heavy (non-hydrogen) atoms. The van der Waals surface area contributed by atoms with Crippen LogP contribution in [0.5, 0.6) is 0 Å². The molecule has 0 aliphatic heterocycles.